The molecule has 78 valence electrons. The van der Waals surface area contributed by atoms with Crippen molar-refractivity contribution in [3.05, 3.63) is 29.6 Å². The molecule has 0 unspecified atom stereocenters. The second-order valence-electron chi connectivity index (χ2n) is 2.83. The molecule has 0 amide bonds. The third-order valence-corrected chi connectivity index (χ3v) is 1.71. The molecule has 0 saturated carbocycles. The number of hydrogen-bond donors (Lipinski definition) is 1. The van der Waals surface area contributed by atoms with E-state index in [4.69, 9.17) is 4.74 Å². The molecule has 1 N–H and O–H groups in total. The maximum Gasteiger partial charge on any atom is 0.165 e. The van der Waals surface area contributed by atoms with Crippen LogP contribution in [0.5, 0.6) is 5.75 Å². The number of ether oxygens (including phenoxy) is 1. The zero-order valence-corrected chi connectivity index (χ0v) is 8.02. The van der Waals surface area contributed by atoms with Crippen LogP contribution >= 0.6 is 0 Å². The standard InChI is InChI=1S/C10H13F2NO/c1-13-7-8-2-3-10(9(12)6-8)14-5-4-11/h2-3,6,13H,4-5,7H2,1H3. The highest BCUT2D eigenvalue weighted by atomic mass is 19.1. The fourth-order valence-corrected chi connectivity index (χ4v) is 1.12. The second-order valence-corrected chi connectivity index (χ2v) is 2.83. The molecule has 0 aliphatic rings. The largest absolute Gasteiger partial charge is 0.488 e. The van der Waals surface area contributed by atoms with Crippen molar-refractivity contribution in [2.75, 3.05) is 20.3 Å². The molecule has 0 heterocycles. The average Bonchev–Trinajstić information content (AvgIpc) is 2.17. The summed E-state index contributed by atoms with van der Waals surface area (Å²) < 4.78 is 29.8. The van der Waals surface area contributed by atoms with Gasteiger partial charge in [0.2, 0.25) is 0 Å². The lowest BCUT2D eigenvalue weighted by atomic mass is 10.2. The van der Waals surface area contributed by atoms with Crippen LogP contribution in [0.25, 0.3) is 0 Å². The zero-order chi connectivity index (χ0) is 10.4. The first-order valence-corrected chi connectivity index (χ1v) is 4.39. The van der Waals surface area contributed by atoms with Gasteiger partial charge in [0.25, 0.3) is 0 Å². The van der Waals surface area contributed by atoms with Crippen molar-refractivity contribution >= 4 is 0 Å². The normalized spacial score (nSPS) is 10.2. The lowest BCUT2D eigenvalue weighted by Gasteiger charge is -2.06. The Balaban J connectivity index is 2.68. The number of alkyl halides is 1. The predicted octanol–water partition coefficient (Wildman–Crippen LogP) is 1.89. The van der Waals surface area contributed by atoms with Gasteiger partial charge in [0, 0.05) is 6.54 Å². The highest BCUT2D eigenvalue weighted by molar-refractivity contribution is 5.29. The zero-order valence-electron chi connectivity index (χ0n) is 8.02. The van der Waals surface area contributed by atoms with Gasteiger partial charge in [-0.3, -0.25) is 0 Å². The van der Waals surface area contributed by atoms with Crippen molar-refractivity contribution < 1.29 is 13.5 Å². The van der Waals surface area contributed by atoms with Gasteiger partial charge in [-0.05, 0) is 24.7 Å². The summed E-state index contributed by atoms with van der Waals surface area (Å²) in [6.07, 6.45) is 0. The van der Waals surface area contributed by atoms with E-state index >= 15 is 0 Å². The van der Waals surface area contributed by atoms with E-state index in [1.54, 1.807) is 13.1 Å². The Kier molecular flexibility index (Phi) is 4.32. The fourth-order valence-electron chi connectivity index (χ4n) is 1.12. The molecule has 14 heavy (non-hydrogen) atoms. The molecular formula is C10H13F2NO. The molecule has 1 rings (SSSR count). The molecule has 1 aromatic rings. The van der Waals surface area contributed by atoms with Crippen LogP contribution in [0.15, 0.2) is 18.2 Å². The van der Waals surface area contributed by atoms with Crippen molar-refractivity contribution in [1.82, 2.24) is 5.32 Å². The van der Waals surface area contributed by atoms with Gasteiger partial charge in [0.15, 0.2) is 11.6 Å². The van der Waals surface area contributed by atoms with Crippen molar-refractivity contribution in [1.29, 1.82) is 0 Å². The highest BCUT2D eigenvalue weighted by Gasteiger charge is 2.03. The highest BCUT2D eigenvalue weighted by Crippen LogP contribution is 2.18. The fraction of sp³-hybridized carbons (Fsp3) is 0.400. The van der Waals surface area contributed by atoms with Crippen molar-refractivity contribution in [2.24, 2.45) is 0 Å². The van der Waals surface area contributed by atoms with Crippen LogP contribution in [0, 0.1) is 5.82 Å². The Hall–Kier alpha value is -1.16. The van der Waals surface area contributed by atoms with Crippen molar-refractivity contribution in [2.45, 2.75) is 6.54 Å². The van der Waals surface area contributed by atoms with Gasteiger partial charge < -0.3 is 10.1 Å². The number of benzene rings is 1. The maximum atomic E-state index is 13.2. The SMILES string of the molecule is CNCc1ccc(OCCF)c(F)c1. The molecule has 0 bridgehead atoms. The number of hydrogen-bond acceptors (Lipinski definition) is 2. The van der Waals surface area contributed by atoms with Crippen LogP contribution in [0.2, 0.25) is 0 Å². The van der Waals surface area contributed by atoms with Gasteiger partial charge in [0.1, 0.15) is 13.3 Å². The van der Waals surface area contributed by atoms with Gasteiger partial charge in [-0.2, -0.15) is 0 Å². The molecule has 1 aromatic carbocycles. The number of rotatable bonds is 5. The first kappa shape index (κ1) is 10.9. The van der Waals surface area contributed by atoms with Crippen LogP contribution < -0.4 is 10.1 Å². The van der Waals surface area contributed by atoms with E-state index in [1.165, 1.54) is 12.1 Å². The van der Waals surface area contributed by atoms with E-state index in [0.717, 1.165) is 5.56 Å². The minimum absolute atomic E-state index is 0.0995. The van der Waals surface area contributed by atoms with Gasteiger partial charge in [0.05, 0.1) is 0 Å². The molecule has 0 aromatic heterocycles. The van der Waals surface area contributed by atoms with E-state index < -0.39 is 12.5 Å². The lowest BCUT2D eigenvalue weighted by Crippen LogP contribution is -2.06. The van der Waals surface area contributed by atoms with E-state index in [9.17, 15) is 8.78 Å². The first-order chi connectivity index (χ1) is 6.77. The Morgan fingerprint density at radius 2 is 2.21 bits per heavy atom. The number of halogens is 2. The summed E-state index contributed by atoms with van der Waals surface area (Å²) in [4.78, 5) is 0. The van der Waals surface area contributed by atoms with Crippen LogP contribution in [0.1, 0.15) is 5.56 Å². The first-order valence-electron chi connectivity index (χ1n) is 4.39. The van der Waals surface area contributed by atoms with Crippen LogP contribution in [0.3, 0.4) is 0 Å². The summed E-state index contributed by atoms with van der Waals surface area (Å²) in [6.45, 7) is -0.125. The van der Waals surface area contributed by atoms with Gasteiger partial charge >= 0.3 is 0 Å². The molecule has 0 aliphatic carbocycles. The van der Waals surface area contributed by atoms with Gasteiger partial charge in [-0.15, -0.1) is 0 Å². The number of nitrogens with one attached hydrogen (secondary N) is 1. The molecule has 0 fully saturated rings. The summed E-state index contributed by atoms with van der Waals surface area (Å²) in [5.41, 5.74) is 0.831. The lowest BCUT2D eigenvalue weighted by molar-refractivity contribution is 0.262. The minimum Gasteiger partial charge on any atom is -0.488 e. The molecule has 0 aliphatic heterocycles. The van der Waals surface area contributed by atoms with Crippen LogP contribution in [-0.2, 0) is 6.54 Å². The van der Waals surface area contributed by atoms with E-state index in [2.05, 4.69) is 5.32 Å². The Bertz CT molecular complexity index is 291. The molecule has 0 saturated heterocycles. The van der Waals surface area contributed by atoms with Crippen molar-refractivity contribution in [3.8, 4) is 5.75 Å². The van der Waals surface area contributed by atoms with E-state index in [-0.39, 0.29) is 12.4 Å². The predicted molar refractivity (Wildman–Crippen MR) is 50.6 cm³/mol. The summed E-state index contributed by atoms with van der Waals surface area (Å²) in [6, 6.07) is 4.63. The molecule has 2 nitrogen and oxygen atoms in total. The quantitative estimate of drug-likeness (QED) is 0.785. The van der Waals surface area contributed by atoms with Gasteiger partial charge in [-0.1, -0.05) is 6.07 Å². The topological polar surface area (TPSA) is 21.3 Å². The van der Waals surface area contributed by atoms with Crippen molar-refractivity contribution in [3.63, 3.8) is 0 Å². The van der Waals surface area contributed by atoms with Gasteiger partial charge in [-0.25, -0.2) is 8.78 Å². The smallest absolute Gasteiger partial charge is 0.165 e. The monoisotopic (exact) mass is 201 g/mol. The summed E-state index contributed by atoms with van der Waals surface area (Å²) in [5, 5.41) is 2.91. The molecule has 4 heteroatoms. The van der Waals surface area contributed by atoms with Crippen LogP contribution in [-0.4, -0.2) is 20.3 Å². The maximum absolute atomic E-state index is 13.2. The van der Waals surface area contributed by atoms with Crippen LogP contribution in [0.4, 0.5) is 8.78 Å². The van der Waals surface area contributed by atoms with E-state index in [1.807, 2.05) is 0 Å². The summed E-state index contributed by atoms with van der Waals surface area (Å²) in [7, 11) is 1.78. The Labute approximate surface area is 81.9 Å². The Morgan fingerprint density at radius 1 is 1.43 bits per heavy atom. The summed E-state index contributed by atoms with van der Waals surface area (Å²) >= 11 is 0. The molecule has 0 spiro atoms. The summed E-state index contributed by atoms with van der Waals surface area (Å²) in [5.74, 6) is -0.353. The minimum atomic E-state index is -0.613. The Morgan fingerprint density at radius 3 is 2.79 bits per heavy atom. The third kappa shape index (κ3) is 2.96. The molecular weight excluding hydrogens is 188 g/mol. The van der Waals surface area contributed by atoms with E-state index in [0.29, 0.717) is 6.54 Å². The average molecular weight is 201 g/mol. The molecule has 0 atom stereocenters. The third-order valence-electron chi connectivity index (χ3n) is 1.71. The molecule has 0 radical (unpaired) electrons. The second kappa shape index (κ2) is 5.54.